The van der Waals surface area contributed by atoms with E-state index in [-0.39, 0.29) is 17.8 Å². The molecule has 150 valence electrons. The van der Waals surface area contributed by atoms with Crippen LogP contribution in [0.2, 0.25) is 0 Å². The van der Waals surface area contributed by atoms with E-state index >= 15 is 0 Å². The van der Waals surface area contributed by atoms with E-state index < -0.39 is 39.2 Å². The molecule has 0 heterocycles. The molecule has 0 saturated heterocycles. The maximum absolute atomic E-state index is 13.4. The van der Waals surface area contributed by atoms with Crippen LogP contribution in [0.4, 0.5) is 22.0 Å². The predicted octanol–water partition coefficient (Wildman–Crippen LogP) is 2.94. The molecule has 0 saturated carbocycles. The smallest absolute Gasteiger partial charge is 0.432 e. The Morgan fingerprint density at radius 1 is 1.15 bits per heavy atom. The van der Waals surface area contributed by atoms with Crippen molar-refractivity contribution in [1.29, 1.82) is 0 Å². The van der Waals surface area contributed by atoms with E-state index in [1.807, 2.05) is 0 Å². The van der Waals surface area contributed by atoms with Crippen molar-refractivity contribution in [3.63, 3.8) is 0 Å². The van der Waals surface area contributed by atoms with Gasteiger partial charge in [0.15, 0.2) is 5.78 Å². The maximum Gasteiger partial charge on any atom is 0.432 e. The SMILES string of the molecule is C=C(C)C(=O)Cc1ccc(C(=O)OC(C(F)(F)F)C(F)(F)S(=O)(=O)O)cc1. The number of rotatable bonds is 7. The minimum absolute atomic E-state index is 0.114. The highest BCUT2D eigenvalue weighted by atomic mass is 32.2. The van der Waals surface area contributed by atoms with Gasteiger partial charge in [-0.1, -0.05) is 18.7 Å². The van der Waals surface area contributed by atoms with Crippen LogP contribution in [-0.4, -0.2) is 42.3 Å². The summed E-state index contributed by atoms with van der Waals surface area (Å²) in [6.45, 7) is 4.88. The Hall–Kier alpha value is -2.34. The molecule has 0 aliphatic rings. The van der Waals surface area contributed by atoms with Gasteiger partial charge in [0.25, 0.3) is 6.10 Å². The zero-order valence-corrected chi connectivity index (χ0v) is 14.4. The zero-order chi connectivity index (χ0) is 21.2. The first-order chi connectivity index (χ1) is 12.1. The number of hydrogen-bond acceptors (Lipinski definition) is 5. The van der Waals surface area contributed by atoms with Gasteiger partial charge in [0.05, 0.1) is 5.56 Å². The lowest BCUT2D eigenvalue weighted by atomic mass is 10.0. The number of hydrogen-bond donors (Lipinski definition) is 1. The normalized spacial score (nSPS) is 13.7. The first-order valence-electron chi connectivity index (χ1n) is 6.97. The topological polar surface area (TPSA) is 97.7 Å². The zero-order valence-electron chi connectivity index (χ0n) is 13.6. The van der Waals surface area contributed by atoms with Crippen LogP contribution in [0.3, 0.4) is 0 Å². The van der Waals surface area contributed by atoms with E-state index in [9.17, 15) is 40.0 Å². The molecule has 0 aromatic heterocycles. The summed E-state index contributed by atoms with van der Waals surface area (Å²) in [5, 5.41) is -5.81. The highest BCUT2D eigenvalue weighted by Crippen LogP contribution is 2.38. The highest BCUT2D eigenvalue weighted by Gasteiger charge is 2.66. The summed E-state index contributed by atoms with van der Waals surface area (Å²) in [7, 11) is -6.52. The molecule has 0 aliphatic carbocycles. The number of allylic oxidation sites excluding steroid dienone is 1. The van der Waals surface area contributed by atoms with Crippen LogP contribution in [0.5, 0.6) is 0 Å². The van der Waals surface area contributed by atoms with Gasteiger partial charge in [0.1, 0.15) is 0 Å². The summed E-state index contributed by atoms with van der Waals surface area (Å²) >= 11 is 0. The number of esters is 1. The molecular weight excluding hydrogens is 403 g/mol. The molecule has 27 heavy (non-hydrogen) atoms. The van der Waals surface area contributed by atoms with Crippen molar-refractivity contribution in [2.45, 2.75) is 30.9 Å². The Bertz CT molecular complexity index is 842. The number of benzene rings is 1. The monoisotopic (exact) mass is 416 g/mol. The average molecular weight is 416 g/mol. The van der Waals surface area contributed by atoms with Crippen LogP contribution in [0, 0.1) is 0 Å². The molecule has 1 aromatic rings. The Morgan fingerprint density at radius 2 is 1.63 bits per heavy atom. The van der Waals surface area contributed by atoms with Gasteiger partial charge in [-0.2, -0.15) is 30.4 Å². The summed E-state index contributed by atoms with van der Waals surface area (Å²) < 4.78 is 97.9. The number of ketones is 1. The van der Waals surface area contributed by atoms with Crippen molar-refractivity contribution in [1.82, 2.24) is 0 Å². The lowest BCUT2D eigenvalue weighted by molar-refractivity contribution is -0.248. The van der Waals surface area contributed by atoms with Crippen LogP contribution in [0.25, 0.3) is 0 Å². The number of Topliss-reactive ketones (excluding diaryl/α,β-unsaturated/α-hetero) is 1. The Kier molecular flexibility index (Phi) is 6.49. The Labute approximate surface area is 150 Å². The van der Waals surface area contributed by atoms with E-state index in [2.05, 4.69) is 11.3 Å². The van der Waals surface area contributed by atoms with Crippen molar-refractivity contribution >= 4 is 21.9 Å². The van der Waals surface area contributed by atoms with Gasteiger partial charge in [-0.25, -0.2) is 4.79 Å². The number of alkyl halides is 5. The third kappa shape index (κ3) is 5.57. The van der Waals surface area contributed by atoms with Gasteiger partial charge in [0.2, 0.25) is 0 Å². The van der Waals surface area contributed by atoms with Crippen molar-refractivity contribution in [2.24, 2.45) is 0 Å². The highest BCUT2D eigenvalue weighted by molar-refractivity contribution is 7.86. The molecule has 0 fully saturated rings. The fraction of sp³-hybridized carbons (Fsp3) is 0.333. The van der Waals surface area contributed by atoms with Gasteiger partial charge in [-0.05, 0) is 30.2 Å². The molecule has 1 unspecified atom stereocenters. The molecule has 12 heteroatoms. The van der Waals surface area contributed by atoms with Crippen LogP contribution < -0.4 is 0 Å². The van der Waals surface area contributed by atoms with Gasteiger partial charge in [-0.3, -0.25) is 9.35 Å². The largest absolute Gasteiger partial charge is 0.441 e. The minimum atomic E-state index is -6.52. The Balaban J connectivity index is 3.07. The molecule has 1 aromatic carbocycles. The molecule has 0 radical (unpaired) electrons. The van der Waals surface area contributed by atoms with Crippen LogP contribution in [0.15, 0.2) is 36.4 Å². The molecule has 0 amide bonds. The van der Waals surface area contributed by atoms with Gasteiger partial charge >= 0.3 is 27.5 Å². The summed E-state index contributed by atoms with van der Waals surface area (Å²) in [5.41, 5.74) is -0.00366. The molecular formula is C15H13F5O6S. The standard InChI is InChI=1S/C15H13F5O6S/c1-8(2)11(21)7-9-3-5-10(6-4-9)12(22)26-13(14(16,17)18)15(19,20)27(23,24)25/h3-6,13H,1,7H2,2H3,(H,23,24,25). The van der Waals surface area contributed by atoms with Crippen molar-refractivity contribution in [2.75, 3.05) is 0 Å². The quantitative estimate of drug-likeness (QED) is 0.318. The Morgan fingerprint density at radius 3 is 2.00 bits per heavy atom. The van der Waals surface area contributed by atoms with Crippen molar-refractivity contribution in [3.8, 4) is 0 Å². The second kappa shape index (κ2) is 7.72. The van der Waals surface area contributed by atoms with E-state index in [0.717, 1.165) is 12.1 Å². The van der Waals surface area contributed by atoms with E-state index in [0.29, 0.717) is 5.56 Å². The molecule has 0 spiro atoms. The maximum atomic E-state index is 13.4. The van der Waals surface area contributed by atoms with Gasteiger partial charge in [0, 0.05) is 6.42 Å². The number of halogens is 5. The number of carbonyl (C=O) groups is 2. The minimum Gasteiger partial charge on any atom is -0.441 e. The molecule has 0 aliphatic heterocycles. The van der Waals surface area contributed by atoms with E-state index in [4.69, 9.17) is 4.55 Å². The third-order valence-electron chi connectivity index (χ3n) is 3.20. The van der Waals surface area contributed by atoms with Crippen LogP contribution >= 0.6 is 0 Å². The van der Waals surface area contributed by atoms with Crippen LogP contribution in [0.1, 0.15) is 22.8 Å². The summed E-state index contributed by atoms with van der Waals surface area (Å²) in [4.78, 5) is 23.2. The molecule has 1 atom stereocenters. The van der Waals surface area contributed by atoms with E-state index in [1.165, 1.54) is 19.1 Å². The lowest BCUT2D eigenvalue weighted by Gasteiger charge is -2.26. The predicted molar refractivity (Wildman–Crippen MR) is 81.7 cm³/mol. The number of ether oxygens (including phenoxy) is 1. The molecule has 1 rings (SSSR count). The average Bonchev–Trinajstić information content (AvgIpc) is 2.50. The first kappa shape index (κ1) is 22.7. The summed E-state index contributed by atoms with van der Waals surface area (Å²) in [5.74, 6) is -2.24. The third-order valence-corrected chi connectivity index (χ3v) is 4.10. The van der Waals surface area contributed by atoms with Gasteiger partial charge < -0.3 is 4.74 Å². The lowest BCUT2D eigenvalue weighted by Crippen LogP contribution is -2.52. The molecule has 6 nitrogen and oxygen atoms in total. The van der Waals surface area contributed by atoms with Crippen molar-refractivity contribution < 1.29 is 49.2 Å². The summed E-state index contributed by atoms with van der Waals surface area (Å²) in [6, 6.07) is 4.15. The second-order valence-corrected chi connectivity index (χ2v) is 6.94. The summed E-state index contributed by atoms with van der Waals surface area (Å²) in [6.07, 6.45) is -10.5. The van der Waals surface area contributed by atoms with Crippen molar-refractivity contribution in [3.05, 3.63) is 47.5 Å². The first-order valence-corrected chi connectivity index (χ1v) is 8.41. The van der Waals surface area contributed by atoms with Crippen LogP contribution in [-0.2, 0) is 26.1 Å². The fourth-order valence-electron chi connectivity index (χ4n) is 1.73. The van der Waals surface area contributed by atoms with E-state index in [1.54, 1.807) is 0 Å². The fourth-order valence-corrected chi connectivity index (χ4v) is 2.18. The molecule has 0 bridgehead atoms. The second-order valence-electron chi connectivity index (χ2n) is 5.44. The van der Waals surface area contributed by atoms with Gasteiger partial charge in [-0.15, -0.1) is 0 Å². The number of carbonyl (C=O) groups excluding carboxylic acids is 2. The molecule has 1 N–H and O–H groups in total.